The van der Waals surface area contributed by atoms with Crippen molar-refractivity contribution in [2.75, 3.05) is 0 Å². The van der Waals surface area contributed by atoms with E-state index in [2.05, 4.69) is 0 Å². The lowest BCUT2D eigenvalue weighted by Gasteiger charge is -2.29. The summed E-state index contributed by atoms with van der Waals surface area (Å²) in [5.41, 5.74) is 5.59. The summed E-state index contributed by atoms with van der Waals surface area (Å²) in [5.74, 6) is 0.958. The fourth-order valence-electron chi connectivity index (χ4n) is 3.91. The Morgan fingerprint density at radius 1 is 1.00 bits per heavy atom. The zero-order valence-corrected chi connectivity index (χ0v) is 16.7. The lowest BCUT2D eigenvalue weighted by molar-refractivity contribution is 0.463. The largest absolute Gasteiger partial charge is 0.507 e. The van der Waals surface area contributed by atoms with E-state index in [0.29, 0.717) is 11.5 Å². The molecule has 3 aromatic rings. The molecule has 0 saturated carbocycles. The molecule has 0 radical (unpaired) electrons. The Hall–Kier alpha value is -2.51. The third-order valence-electron chi connectivity index (χ3n) is 5.42. The third-order valence-corrected chi connectivity index (χ3v) is 7.77. The van der Waals surface area contributed by atoms with Crippen molar-refractivity contribution in [3.05, 3.63) is 76.9 Å². The first-order valence-electron chi connectivity index (χ1n) is 9.23. The number of aromatic hydroxyl groups is 1. The molecular formula is C23H23O3P. The summed E-state index contributed by atoms with van der Waals surface area (Å²) < 4.78 is 20.2. The van der Waals surface area contributed by atoms with Gasteiger partial charge in [0.05, 0.1) is 11.5 Å². The van der Waals surface area contributed by atoms with Gasteiger partial charge in [-0.3, -0.25) is 4.57 Å². The first-order chi connectivity index (χ1) is 12.9. The van der Waals surface area contributed by atoms with Gasteiger partial charge in [-0.15, -0.1) is 0 Å². The number of hydrogen-bond acceptors (Lipinski definition) is 3. The fraction of sp³-hybridized carbons (Fsp3) is 0.217. The zero-order chi connectivity index (χ0) is 19.2. The molecule has 0 saturated heterocycles. The van der Waals surface area contributed by atoms with E-state index in [1.165, 1.54) is 0 Å². The quantitative estimate of drug-likeness (QED) is 0.592. The molecule has 1 aliphatic heterocycles. The van der Waals surface area contributed by atoms with Crippen LogP contribution in [-0.4, -0.2) is 5.11 Å². The lowest BCUT2D eigenvalue weighted by atomic mass is 9.98. The molecule has 1 heterocycles. The number of fused-ring (bicyclic) bond motifs is 3. The molecule has 0 aromatic heterocycles. The standard InChI is InChI=1S/C23H23O3P/c1-4-17-13-15(2)20(16(3)23(17)24)14-27(25)22-12-8-6-10-19(22)18-9-5-7-11-21(18)26-27/h5-13,24H,4,14H2,1-3H3. The number of para-hydroxylation sites is 1. The van der Waals surface area contributed by atoms with Gasteiger partial charge in [-0.25, -0.2) is 0 Å². The maximum atomic E-state index is 14.1. The van der Waals surface area contributed by atoms with Crippen LogP contribution in [0.2, 0.25) is 0 Å². The second-order valence-electron chi connectivity index (χ2n) is 7.09. The molecular weight excluding hydrogens is 355 g/mol. The summed E-state index contributed by atoms with van der Waals surface area (Å²) in [6, 6.07) is 17.5. The normalized spacial score (nSPS) is 17.7. The Morgan fingerprint density at radius 2 is 1.67 bits per heavy atom. The molecule has 1 aliphatic rings. The number of aryl methyl sites for hydroxylation is 2. The number of rotatable bonds is 3. The highest BCUT2D eigenvalue weighted by atomic mass is 31.2. The van der Waals surface area contributed by atoms with Gasteiger partial charge in [0.1, 0.15) is 11.5 Å². The van der Waals surface area contributed by atoms with E-state index >= 15 is 0 Å². The molecule has 0 spiro atoms. The van der Waals surface area contributed by atoms with E-state index in [9.17, 15) is 9.67 Å². The smallest absolute Gasteiger partial charge is 0.282 e. The molecule has 1 atom stereocenters. The van der Waals surface area contributed by atoms with E-state index < -0.39 is 7.37 Å². The van der Waals surface area contributed by atoms with Crippen molar-refractivity contribution in [2.45, 2.75) is 33.4 Å². The van der Waals surface area contributed by atoms with Crippen LogP contribution in [0, 0.1) is 13.8 Å². The van der Waals surface area contributed by atoms with Crippen molar-refractivity contribution >= 4 is 12.7 Å². The first kappa shape index (κ1) is 17.9. The summed E-state index contributed by atoms with van der Waals surface area (Å²) in [6.45, 7) is 5.93. The van der Waals surface area contributed by atoms with Gasteiger partial charge in [0.15, 0.2) is 0 Å². The number of phenols is 1. The van der Waals surface area contributed by atoms with E-state index in [0.717, 1.165) is 45.1 Å². The average Bonchev–Trinajstić information content (AvgIpc) is 2.68. The van der Waals surface area contributed by atoms with Crippen LogP contribution in [0.25, 0.3) is 11.1 Å². The Bertz CT molecular complexity index is 1080. The maximum absolute atomic E-state index is 14.1. The van der Waals surface area contributed by atoms with Crippen molar-refractivity contribution in [1.82, 2.24) is 0 Å². The SMILES string of the molecule is CCc1cc(C)c(CP2(=O)Oc3ccccc3-c3ccccc32)c(C)c1O. The van der Waals surface area contributed by atoms with E-state index in [-0.39, 0.29) is 6.16 Å². The average molecular weight is 378 g/mol. The fourth-order valence-corrected chi connectivity index (χ4v) is 6.50. The molecule has 0 bridgehead atoms. The third kappa shape index (κ3) is 2.87. The predicted octanol–water partition coefficient (Wildman–Crippen LogP) is 5.73. The minimum atomic E-state index is -3.17. The number of benzene rings is 3. The molecule has 0 aliphatic carbocycles. The van der Waals surface area contributed by atoms with Crippen LogP contribution in [0.4, 0.5) is 0 Å². The summed E-state index contributed by atoms with van der Waals surface area (Å²) in [5, 5.41) is 11.3. The van der Waals surface area contributed by atoms with Gasteiger partial charge >= 0.3 is 0 Å². The van der Waals surface area contributed by atoms with Gasteiger partial charge in [-0.05, 0) is 60.2 Å². The van der Waals surface area contributed by atoms with E-state index in [1.807, 2.05) is 75.4 Å². The molecule has 138 valence electrons. The Labute approximate surface area is 160 Å². The summed E-state index contributed by atoms with van der Waals surface area (Å²) in [4.78, 5) is 0. The van der Waals surface area contributed by atoms with Gasteiger partial charge < -0.3 is 9.63 Å². The maximum Gasteiger partial charge on any atom is 0.282 e. The van der Waals surface area contributed by atoms with Crippen molar-refractivity contribution in [2.24, 2.45) is 0 Å². The Morgan fingerprint density at radius 3 is 2.41 bits per heavy atom. The molecule has 0 amide bonds. The monoisotopic (exact) mass is 378 g/mol. The molecule has 1 unspecified atom stereocenters. The zero-order valence-electron chi connectivity index (χ0n) is 15.8. The summed E-state index contributed by atoms with van der Waals surface area (Å²) in [6.07, 6.45) is 1.03. The Kier molecular flexibility index (Phi) is 4.36. The molecule has 0 fully saturated rings. The van der Waals surface area contributed by atoms with Crippen LogP contribution in [0.15, 0.2) is 54.6 Å². The highest BCUT2D eigenvalue weighted by Gasteiger charge is 2.37. The predicted molar refractivity (Wildman–Crippen MR) is 110 cm³/mol. The topological polar surface area (TPSA) is 46.5 Å². The van der Waals surface area contributed by atoms with Crippen LogP contribution in [-0.2, 0) is 17.1 Å². The second kappa shape index (κ2) is 6.58. The van der Waals surface area contributed by atoms with Gasteiger partial charge in [-0.1, -0.05) is 49.4 Å². The van der Waals surface area contributed by atoms with Crippen LogP contribution in [0.1, 0.15) is 29.2 Å². The van der Waals surface area contributed by atoms with Crippen LogP contribution >= 0.6 is 7.37 Å². The van der Waals surface area contributed by atoms with Crippen molar-refractivity contribution in [3.8, 4) is 22.6 Å². The van der Waals surface area contributed by atoms with Gasteiger partial charge in [0, 0.05) is 5.56 Å². The molecule has 4 rings (SSSR count). The molecule has 4 heteroatoms. The lowest BCUT2D eigenvalue weighted by Crippen LogP contribution is -2.19. The molecule has 27 heavy (non-hydrogen) atoms. The van der Waals surface area contributed by atoms with Crippen molar-refractivity contribution in [1.29, 1.82) is 0 Å². The van der Waals surface area contributed by atoms with Gasteiger partial charge in [0.2, 0.25) is 0 Å². The number of hydrogen-bond donors (Lipinski definition) is 1. The molecule has 3 nitrogen and oxygen atoms in total. The molecule has 3 aromatic carbocycles. The van der Waals surface area contributed by atoms with Crippen LogP contribution < -0.4 is 9.83 Å². The van der Waals surface area contributed by atoms with Crippen LogP contribution in [0.3, 0.4) is 0 Å². The minimum absolute atomic E-state index is 0.271. The summed E-state index contributed by atoms with van der Waals surface area (Å²) >= 11 is 0. The number of phenolic OH excluding ortho intramolecular Hbond substituents is 1. The second-order valence-corrected chi connectivity index (χ2v) is 9.42. The van der Waals surface area contributed by atoms with Crippen molar-refractivity contribution < 1.29 is 14.2 Å². The minimum Gasteiger partial charge on any atom is -0.507 e. The molecule has 1 N–H and O–H groups in total. The highest BCUT2D eigenvalue weighted by Crippen LogP contribution is 2.57. The van der Waals surface area contributed by atoms with E-state index in [1.54, 1.807) is 0 Å². The Balaban J connectivity index is 1.87. The first-order valence-corrected chi connectivity index (χ1v) is 11.0. The highest BCUT2D eigenvalue weighted by molar-refractivity contribution is 7.67. The van der Waals surface area contributed by atoms with Crippen LogP contribution in [0.5, 0.6) is 11.5 Å². The van der Waals surface area contributed by atoms with Gasteiger partial charge in [-0.2, -0.15) is 0 Å². The van der Waals surface area contributed by atoms with Crippen molar-refractivity contribution in [3.63, 3.8) is 0 Å². The van der Waals surface area contributed by atoms with Gasteiger partial charge in [0.25, 0.3) is 7.37 Å². The van der Waals surface area contributed by atoms with E-state index in [4.69, 9.17) is 4.52 Å². The summed E-state index contributed by atoms with van der Waals surface area (Å²) in [7, 11) is -3.17.